The molecule has 4 rings (SSSR count). The first-order valence-corrected chi connectivity index (χ1v) is 12.5. The van der Waals surface area contributed by atoms with Crippen LogP contribution in [0.3, 0.4) is 0 Å². The normalized spacial score (nSPS) is 20.4. The Kier molecular flexibility index (Phi) is 7.78. The van der Waals surface area contributed by atoms with Gasteiger partial charge in [0.25, 0.3) is 0 Å². The molecule has 8 nitrogen and oxygen atoms in total. The molecule has 36 heavy (non-hydrogen) atoms. The average molecular weight is 517 g/mol. The largest absolute Gasteiger partial charge is 0.465 e. The highest BCUT2D eigenvalue weighted by molar-refractivity contribution is 6.30. The summed E-state index contributed by atoms with van der Waals surface area (Å²) in [4.78, 5) is 46.5. The van der Waals surface area contributed by atoms with Gasteiger partial charge in [-0.2, -0.15) is 0 Å². The average Bonchev–Trinajstić information content (AvgIpc) is 3.30. The second kappa shape index (κ2) is 10.8. The van der Waals surface area contributed by atoms with Crippen molar-refractivity contribution in [1.29, 1.82) is 0 Å². The number of benzene rings is 1. The summed E-state index contributed by atoms with van der Waals surface area (Å²) < 4.78 is 13.8. The monoisotopic (exact) mass is 516 g/mol. The first kappa shape index (κ1) is 25.9. The van der Waals surface area contributed by atoms with Crippen molar-refractivity contribution in [3.05, 3.63) is 58.5 Å². The van der Waals surface area contributed by atoms with Crippen LogP contribution in [0.1, 0.15) is 48.5 Å². The molecule has 10 heteroatoms. The van der Waals surface area contributed by atoms with Crippen molar-refractivity contribution in [2.75, 3.05) is 37.6 Å². The van der Waals surface area contributed by atoms with Gasteiger partial charge in [-0.3, -0.25) is 9.59 Å². The van der Waals surface area contributed by atoms with Crippen LogP contribution >= 0.6 is 11.6 Å². The van der Waals surface area contributed by atoms with Gasteiger partial charge in [-0.1, -0.05) is 17.7 Å². The topological polar surface area (TPSA) is 94.0 Å². The Balaban J connectivity index is 1.46. The van der Waals surface area contributed by atoms with E-state index in [0.29, 0.717) is 38.0 Å². The number of carboxylic acid groups (broad SMARTS) is 1. The predicted octanol–water partition coefficient (Wildman–Crippen LogP) is 4.29. The number of halogens is 2. The second-order valence-electron chi connectivity index (χ2n) is 9.38. The fourth-order valence-electron chi connectivity index (χ4n) is 5.26. The lowest BCUT2D eigenvalue weighted by Gasteiger charge is -2.34. The summed E-state index contributed by atoms with van der Waals surface area (Å²) >= 11 is 6.01. The van der Waals surface area contributed by atoms with Crippen molar-refractivity contribution < 1.29 is 23.9 Å². The molecule has 3 heterocycles. The standard InChI is InChI=1S/C26H30ClFN4O4/c1-3-32(26(35)36)23-15-31(14-20(23)18-4-6-22(28)21(27)12-18)25(34)17-8-10-30(11-9-17)24-7-5-19(13-29-24)16(2)33/h4-7,12-13,17,20,23H,3,8-11,14-15H2,1-2H3,(H,35,36)/t20-,23+/m0/s1. The smallest absolute Gasteiger partial charge is 0.407 e. The van der Waals surface area contributed by atoms with E-state index in [4.69, 9.17) is 11.6 Å². The van der Waals surface area contributed by atoms with Crippen LogP contribution in [-0.4, -0.2) is 76.4 Å². The molecule has 2 aromatic rings. The van der Waals surface area contributed by atoms with Crippen LogP contribution in [0.4, 0.5) is 15.0 Å². The van der Waals surface area contributed by atoms with E-state index in [0.717, 1.165) is 11.4 Å². The summed E-state index contributed by atoms with van der Waals surface area (Å²) in [6.45, 7) is 5.50. The fraction of sp³-hybridized carbons (Fsp3) is 0.462. The van der Waals surface area contributed by atoms with E-state index in [1.165, 1.54) is 24.0 Å². The predicted molar refractivity (Wildman–Crippen MR) is 134 cm³/mol. The third-order valence-corrected chi connectivity index (χ3v) is 7.57. The van der Waals surface area contributed by atoms with Gasteiger partial charge >= 0.3 is 6.09 Å². The minimum atomic E-state index is -1.05. The van der Waals surface area contributed by atoms with Gasteiger partial charge in [0.2, 0.25) is 5.91 Å². The summed E-state index contributed by atoms with van der Waals surface area (Å²) in [5, 5.41) is 9.74. The fourth-order valence-corrected chi connectivity index (χ4v) is 5.45. The van der Waals surface area contributed by atoms with Gasteiger partial charge in [0.05, 0.1) is 11.1 Å². The molecule has 2 aliphatic heterocycles. The van der Waals surface area contributed by atoms with Crippen LogP contribution in [0.2, 0.25) is 5.02 Å². The lowest BCUT2D eigenvalue weighted by molar-refractivity contribution is -0.135. The SMILES string of the molecule is CCN(C(=O)O)[C@@H]1CN(C(=O)C2CCN(c3ccc(C(C)=O)cn3)CC2)C[C@H]1c1ccc(F)c(Cl)c1. The van der Waals surface area contributed by atoms with Gasteiger partial charge in [-0.15, -0.1) is 0 Å². The number of piperidine rings is 1. The van der Waals surface area contributed by atoms with Gasteiger partial charge in [-0.05, 0) is 56.5 Å². The minimum absolute atomic E-state index is 0.0108. The van der Waals surface area contributed by atoms with E-state index in [-0.39, 0.29) is 41.6 Å². The molecule has 2 amide bonds. The second-order valence-corrected chi connectivity index (χ2v) is 9.79. The Labute approximate surface area is 214 Å². The van der Waals surface area contributed by atoms with Crippen molar-refractivity contribution in [3.8, 4) is 0 Å². The number of hydrogen-bond donors (Lipinski definition) is 1. The first-order valence-electron chi connectivity index (χ1n) is 12.1. The molecule has 2 aliphatic rings. The lowest BCUT2D eigenvalue weighted by Crippen LogP contribution is -2.45. The number of carbonyl (C=O) groups excluding carboxylic acids is 2. The number of carbonyl (C=O) groups is 3. The molecule has 192 valence electrons. The van der Waals surface area contributed by atoms with Crippen LogP contribution in [0.15, 0.2) is 36.5 Å². The van der Waals surface area contributed by atoms with E-state index in [1.54, 1.807) is 30.2 Å². The van der Waals surface area contributed by atoms with Crippen molar-refractivity contribution >= 4 is 35.2 Å². The number of likely N-dealkylation sites (N-methyl/N-ethyl adjacent to an activating group) is 1. The lowest BCUT2D eigenvalue weighted by atomic mass is 9.93. The number of ketones is 1. The highest BCUT2D eigenvalue weighted by Gasteiger charge is 2.42. The van der Waals surface area contributed by atoms with Crippen LogP contribution < -0.4 is 4.90 Å². The van der Waals surface area contributed by atoms with Crippen molar-refractivity contribution in [1.82, 2.24) is 14.8 Å². The molecule has 0 spiro atoms. The maximum atomic E-state index is 13.8. The molecular formula is C26H30ClFN4O4. The molecule has 1 N–H and O–H groups in total. The maximum absolute atomic E-state index is 13.8. The van der Waals surface area contributed by atoms with Gasteiger partial charge in [0, 0.05) is 56.3 Å². The Morgan fingerprint density at radius 1 is 1.17 bits per heavy atom. The molecule has 2 atom stereocenters. The number of hydrogen-bond acceptors (Lipinski definition) is 5. The molecule has 0 saturated carbocycles. The quantitative estimate of drug-likeness (QED) is 0.576. The van der Waals surface area contributed by atoms with E-state index < -0.39 is 18.0 Å². The molecule has 0 radical (unpaired) electrons. The highest BCUT2D eigenvalue weighted by atomic mass is 35.5. The van der Waals surface area contributed by atoms with Crippen LogP contribution in [0.5, 0.6) is 0 Å². The summed E-state index contributed by atoms with van der Waals surface area (Å²) in [5.74, 6) is -0.253. The molecule has 2 fully saturated rings. The summed E-state index contributed by atoms with van der Waals surface area (Å²) in [6, 6.07) is 7.57. The van der Waals surface area contributed by atoms with Crippen LogP contribution in [-0.2, 0) is 4.79 Å². The first-order chi connectivity index (χ1) is 17.2. The summed E-state index contributed by atoms with van der Waals surface area (Å²) in [5.41, 5.74) is 1.28. The summed E-state index contributed by atoms with van der Waals surface area (Å²) in [7, 11) is 0. The Morgan fingerprint density at radius 3 is 2.44 bits per heavy atom. The number of amides is 2. The van der Waals surface area contributed by atoms with E-state index >= 15 is 0 Å². The zero-order chi connectivity index (χ0) is 26.0. The number of anilines is 1. The van der Waals surface area contributed by atoms with E-state index in [1.807, 2.05) is 6.07 Å². The van der Waals surface area contributed by atoms with E-state index in [9.17, 15) is 23.9 Å². The molecule has 0 bridgehead atoms. The van der Waals surface area contributed by atoms with Crippen molar-refractivity contribution in [2.45, 2.75) is 38.6 Å². The third-order valence-electron chi connectivity index (χ3n) is 7.28. The van der Waals surface area contributed by atoms with Crippen molar-refractivity contribution in [3.63, 3.8) is 0 Å². The molecular weight excluding hydrogens is 487 g/mol. The number of rotatable bonds is 6. The molecule has 2 saturated heterocycles. The number of nitrogens with zero attached hydrogens (tertiary/aromatic N) is 4. The number of aromatic nitrogens is 1. The van der Waals surface area contributed by atoms with Gasteiger partial charge in [0.1, 0.15) is 11.6 Å². The van der Waals surface area contributed by atoms with Gasteiger partial charge < -0.3 is 19.8 Å². The highest BCUT2D eigenvalue weighted by Crippen LogP contribution is 2.35. The van der Waals surface area contributed by atoms with Crippen LogP contribution in [0, 0.1) is 11.7 Å². The zero-order valence-corrected chi connectivity index (χ0v) is 21.1. The maximum Gasteiger partial charge on any atom is 0.407 e. The summed E-state index contributed by atoms with van der Waals surface area (Å²) in [6.07, 6.45) is 1.83. The Morgan fingerprint density at radius 2 is 1.89 bits per heavy atom. The Bertz CT molecular complexity index is 1140. The number of Topliss-reactive ketones (excluding diaryl/α,β-unsaturated/α-hetero) is 1. The number of likely N-dealkylation sites (tertiary alicyclic amines) is 1. The molecule has 0 unspecified atom stereocenters. The number of pyridine rings is 1. The third kappa shape index (κ3) is 5.31. The van der Waals surface area contributed by atoms with E-state index in [2.05, 4.69) is 9.88 Å². The van der Waals surface area contributed by atoms with Crippen molar-refractivity contribution in [2.24, 2.45) is 5.92 Å². The molecule has 0 aliphatic carbocycles. The minimum Gasteiger partial charge on any atom is -0.465 e. The molecule has 1 aromatic carbocycles. The zero-order valence-electron chi connectivity index (χ0n) is 20.4. The molecule has 1 aromatic heterocycles. The van der Waals surface area contributed by atoms with Gasteiger partial charge in [-0.25, -0.2) is 14.2 Å². The van der Waals surface area contributed by atoms with Gasteiger partial charge in [0.15, 0.2) is 5.78 Å². The Hall–Kier alpha value is -3.20. The van der Waals surface area contributed by atoms with Crippen LogP contribution in [0.25, 0.3) is 0 Å².